The van der Waals surface area contributed by atoms with Gasteiger partial charge in [0, 0.05) is 44.0 Å². The van der Waals surface area contributed by atoms with E-state index in [0.717, 1.165) is 12.0 Å². The molecule has 1 saturated heterocycles. The molecular weight excluding hydrogens is 363 g/mol. The van der Waals surface area contributed by atoms with E-state index >= 15 is 0 Å². The monoisotopic (exact) mass is 386 g/mol. The van der Waals surface area contributed by atoms with E-state index in [9.17, 15) is 14.5 Å². The van der Waals surface area contributed by atoms with Crippen LogP contribution in [0.1, 0.15) is 18.9 Å². The molecule has 1 aromatic carbocycles. The molecule has 0 saturated carbocycles. The van der Waals surface area contributed by atoms with Crippen LogP contribution in [0.15, 0.2) is 47.6 Å². The van der Waals surface area contributed by atoms with Crippen LogP contribution in [0.25, 0.3) is 0 Å². The zero-order valence-corrected chi connectivity index (χ0v) is 15.6. The highest BCUT2D eigenvalue weighted by Gasteiger charge is 2.25. The molecule has 2 heterocycles. The summed E-state index contributed by atoms with van der Waals surface area (Å²) in [7, 11) is 0. The van der Waals surface area contributed by atoms with Crippen molar-refractivity contribution in [2.45, 2.75) is 25.9 Å². The number of non-ortho nitro benzene ring substituents is 1. The number of hydrogen-bond acceptors (Lipinski definition) is 5. The molecular formula is C19H23FN6O2. The second-order valence-corrected chi connectivity index (χ2v) is 6.50. The molecule has 148 valence electrons. The van der Waals surface area contributed by atoms with E-state index in [0.29, 0.717) is 38.0 Å². The van der Waals surface area contributed by atoms with Crippen LogP contribution in [0.5, 0.6) is 0 Å². The largest absolute Gasteiger partial charge is 0.357 e. The van der Waals surface area contributed by atoms with Gasteiger partial charge >= 0.3 is 0 Å². The molecule has 2 N–H and O–H groups in total. The van der Waals surface area contributed by atoms with Gasteiger partial charge in [-0.3, -0.25) is 10.1 Å². The van der Waals surface area contributed by atoms with E-state index in [1.807, 2.05) is 11.8 Å². The van der Waals surface area contributed by atoms with E-state index in [4.69, 9.17) is 0 Å². The summed E-state index contributed by atoms with van der Waals surface area (Å²) in [6.45, 7) is 4.44. The first-order valence-corrected chi connectivity index (χ1v) is 9.20. The zero-order chi connectivity index (χ0) is 19.9. The fourth-order valence-electron chi connectivity index (χ4n) is 3.09. The molecule has 1 unspecified atom stereocenters. The van der Waals surface area contributed by atoms with Crippen molar-refractivity contribution in [3.8, 4) is 0 Å². The van der Waals surface area contributed by atoms with Gasteiger partial charge in [0.05, 0.1) is 11.5 Å². The van der Waals surface area contributed by atoms with E-state index < -0.39 is 4.92 Å². The number of nitrogens with zero attached hydrogens (tertiary/aromatic N) is 4. The van der Waals surface area contributed by atoms with E-state index in [1.54, 1.807) is 24.4 Å². The third kappa shape index (κ3) is 4.93. The number of guanidine groups is 1. The fraction of sp³-hybridized carbons (Fsp3) is 0.368. The molecule has 1 aromatic heterocycles. The molecule has 2 aromatic rings. The zero-order valence-electron chi connectivity index (χ0n) is 15.6. The molecule has 1 atom stereocenters. The number of nitro groups is 1. The minimum atomic E-state index is -0.422. The lowest BCUT2D eigenvalue weighted by Gasteiger charge is -2.20. The van der Waals surface area contributed by atoms with Crippen molar-refractivity contribution < 1.29 is 9.31 Å². The van der Waals surface area contributed by atoms with E-state index in [2.05, 4.69) is 20.6 Å². The molecule has 3 rings (SSSR count). The Morgan fingerprint density at radius 1 is 1.39 bits per heavy atom. The highest BCUT2D eigenvalue weighted by Crippen LogP contribution is 2.20. The number of anilines is 1. The molecule has 0 spiro atoms. The normalized spacial score (nSPS) is 16.9. The number of hydrogen-bond donors (Lipinski definition) is 2. The van der Waals surface area contributed by atoms with Crippen molar-refractivity contribution in [2.24, 2.45) is 4.99 Å². The molecule has 0 radical (unpaired) electrons. The second-order valence-electron chi connectivity index (χ2n) is 6.50. The molecule has 0 aliphatic carbocycles. The summed E-state index contributed by atoms with van der Waals surface area (Å²) >= 11 is 0. The van der Waals surface area contributed by atoms with Gasteiger partial charge in [-0.05, 0) is 31.0 Å². The Balaban J connectivity index is 1.60. The van der Waals surface area contributed by atoms with Crippen LogP contribution in [0.2, 0.25) is 0 Å². The van der Waals surface area contributed by atoms with Crippen LogP contribution in [-0.2, 0) is 6.54 Å². The topological polar surface area (TPSA) is 95.7 Å². The summed E-state index contributed by atoms with van der Waals surface area (Å²) in [5, 5.41) is 17.3. The Bertz CT molecular complexity index is 843. The lowest BCUT2D eigenvalue weighted by atomic mass is 10.2. The predicted molar refractivity (Wildman–Crippen MR) is 106 cm³/mol. The Hall–Kier alpha value is -3.23. The van der Waals surface area contributed by atoms with Crippen molar-refractivity contribution in [3.63, 3.8) is 0 Å². The summed E-state index contributed by atoms with van der Waals surface area (Å²) in [5.74, 6) is 0.718. The van der Waals surface area contributed by atoms with Crippen molar-refractivity contribution >= 4 is 17.5 Å². The molecule has 1 fully saturated rings. The maximum Gasteiger partial charge on any atom is 0.269 e. The second kappa shape index (κ2) is 9.12. The van der Waals surface area contributed by atoms with Crippen LogP contribution in [-0.4, -0.2) is 41.5 Å². The summed E-state index contributed by atoms with van der Waals surface area (Å²) in [6, 6.07) is 9.47. The van der Waals surface area contributed by atoms with Crippen LogP contribution < -0.4 is 15.5 Å². The number of aromatic nitrogens is 1. The van der Waals surface area contributed by atoms with Crippen molar-refractivity contribution in [1.82, 2.24) is 15.6 Å². The maximum atomic E-state index is 13.9. The van der Waals surface area contributed by atoms with E-state index in [-0.39, 0.29) is 17.5 Å². The lowest BCUT2D eigenvalue weighted by molar-refractivity contribution is -0.384. The third-order valence-electron chi connectivity index (χ3n) is 4.48. The molecule has 1 aliphatic heterocycles. The minimum Gasteiger partial charge on any atom is -0.357 e. The summed E-state index contributed by atoms with van der Waals surface area (Å²) in [6.07, 6.45) is 2.44. The minimum absolute atomic E-state index is 0.0607. The average Bonchev–Trinajstić information content (AvgIpc) is 3.15. The third-order valence-corrected chi connectivity index (χ3v) is 4.48. The van der Waals surface area contributed by atoms with Gasteiger partial charge in [0.15, 0.2) is 17.6 Å². The predicted octanol–water partition coefficient (Wildman–Crippen LogP) is 2.46. The van der Waals surface area contributed by atoms with Gasteiger partial charge in [0.1, 0.15) is 0 Å². The molecule has 28 heavy (non-hydrogen) atoms. The lowest BCUT2D eigenvalue weighted by Crippen LogP contribution is -2.44. The van der Waals surface area contributed by atoms with Gasteiger partial charge < -0.3 is 15.5 Å². The molecule has 0 bridgehead atoms. The number of halogens is 1. The number of nitrogens with one attached hydrogen (secondary N) is 2. The van der Waals surface area contributed by atoms with Crippen LogP contribution in [0, 0.1) is 15.9 Å². The maximum absolute atomic E-state index is 13.9. The summed E-state index contributed by atoms with van der Waals surface area (Å²) in [4.78, 5) is 20.9. The standard InChI is InChI=1S/C19H23FN6O2/c1-2-21-19(23-12-14-5-7-16(8-6-14)26(27)28)24-15-9-11-25(13-15)18-17(20)4-3-10-22-18/h3-8,10,15H,2,9,11-13H2,1H3,(H2,21,23,24). The Labute approximate surface area is 162 Å². The smallest absolute Gasteiger partial charge is 0.269 e. The highest BCUT2D eigenvalue weighted by molar-refractivity contribution is 5.80. The fourth-order valence-corrected chi connectivity index (χ4v) is 3.09. The van der Waals surface area contributed by atoms with Crippen molar-refractivity contribution in [2.75, 3.05) is 24.5 Å². The first-order chi connectivity index (χ1) is 13.6. The Kier molecular flexibility index (Phi) is 6.36. The SMILES string of the molecule is CCNC(=NCc1ccc([N+](=O)[O-])cc1)NC1CCN(c2ncccc2F)C1. The summed E-state index contributed by atoms with van der Waals surface area (Å²) < 4.78 is 13.9. The van der Waals surface area contributed by atoms with Gasteiger partial charge in [-0.25, -0.2) is 14.4 Å². The molecule has 1 aliphatic rings. The highest BCUT2D eigenvalue weighted by atomic mass is 19.1. The quantitative estimate of drug-likeness (QED) is 0.343. The number of nitro benzene ring substituents is 1. The van der Waals surface area contributed by atoms with Crippen LogP contribution >= 0.6 is 0 Å². The first-order valence-electron chi connectivity index (χ1n) is 9.20. The molecule has 0 amide bonds. The average molecular weight is 386 g/mol. The number of pyridine rings is 1. The van der Waals surface area contributed by atoms with Crippen LogP contribution in [0.4, 0.5) is 15.9 Å². The number of aliphatic imine (C=N–C) groups is 1. The molecule has 8 nitrogen and oxygen atoms in total. The van der Waals surface area contributed by atoms with Gasteiger partial charge in [-0.2, -0.15) is 0 Å². The van der Waals surface area contributed by atoms with Gasteiger partial charge in [0.25, 0.3) is 5.69 Å². The number of rotatable bonds is 6. The number of benzene rings is 1. The van der Waals surface area contributed by atoms with Crippen LogP contribution in [0.3, 0.4) is 0 Å². The van der Waals surface area contributed by atoms with Gasteiger partial charge in [-0.15, -0.1) is 0 Å². The van der Waals surface area contributed by atoms with Gasteiger partial charge in [-0.1, -0.05) is 12.1 Å². The van der Waals surface area contributed by atoms with E-state index in [1.165, 1.54) is 18.2 Å². The molecule has 9 heteroatoms. The Morgan fingerprint density at radius 2 is 2.18 bits per heavy atom. The van der Waals surface area contributed by atoms with Crippen molar-refractivity contribution in [1.29, 1.82) is 0 Å². The summed E-state index contributed by atoms with van der Waals surface area (Å²) in [5.41, 5.74) is 0.942. The van der Waals surface area contributed by atoms with Gasteiger partial charge in [0.2, 0.25) is 0 Å². The Morgan fingerprint density at radius 3 is 2.86 bits per heavy atom. The first kappa shape index (κ1) is 19.5. The van der Waals surface area contributed by atoms with Crippen molar-refractivity contribution in [3.05, 3.63) is 64.1 Å².